The monoisotopic (exact) mass is 348 g/mol. The molecule has 1 aliphatic rings. The van der Waals surface area contributed by atoms with Crippen LogP contribution in [-0.2, 0) is 25.1 Å². The number of amides is 2. The van der Waals surface area contributed by atoms with Gasteiger partial charge in [0, 0.05) is 24.0 Å². The second kappa shape index (κ2) is 7.70. The normalized spacial score (nSPS) is 16.5. The summed E-state index contributed by atoms with van der Waals surface area (Å²) in [6.07, 6.45) is 6.40. The molecule has 1 aromatic carbocycles. The molecule has 0 fully saturated rings. The number of nitrogens with zero attached hydrogens (tertiary/aromatic N) is 1. The van der Waals surface area contributed by atoms with E-state index in [-0.39, 0.29) is 17.9 Å². The van der Waals surface area contributed by atoms with Gasteiger partial charge in [0.1, 0.15) is 5.82 Å². The van der Waals surface area contributed by atoms with Gasteiger partial charge in [0.25, 0.3) is 0 Å². The van der Waals surface area contributed by atoms with Gasteiger partial charge in [-0.25, -0.2) is 9.18 Å². The quantitative estimate of drug-likeness (QED) is 0.778. The van der Waals surface area contributed by atoms with Gasteiger partial charge in [0.15, 0.2) is 0 Å². The predicted octanol–water partition coefficient (Wildman–Crippen LogP) is 2.77. The number of halogens is 1. The molecule has 0 radical (unpaired) electrons. The summed E-state index contributed by atoms with van der Waals surface area (Å²) in [7, 11) is 0. The first-order valence-electron chi connectivity index (χ1n) is 7.97. The minimum Gasteiger partial charge on any atom is -0.335 e. The third-order valence-corrected chi connectivity index (χ3v) is 4.86. The third-order valence-electron chi connectivity index (χ3n) is 4.26. The molecule has 1 atom stereocenters. The number of aromatic nitrogens is 2. The zero-order valence-electron chi connectivity index (χ0n) is 13.6. The van der Waals surface area contributed by atoms with Crippen LogP contribution in [0.4, 0.5) is 9.18 Å². The highest BCUT2D eigenvalue weighted by molar-refractivity contribution is 7.97. The van der Waals surface area contributed by atoms with Crippen LogP contribution < -0.4 is 10.6 Å². The van der Waals surface area contributed by atoms with Gasteiger partial charge >= 0.3 is 6.03 Å². The highest BCUT2D eigenvalue weighted by Crippen LogP contribution is 2.19. The van der Waals surface area contributed by atoms with Crippen molar-refractivity contribution in [2.75, 3.05) is 6.26 Å². The van der Waals surface area contributed by atoms with Crippen molar-refractivity contribution in [3.05, 3.63) is 52.6 Å². The molecule has 3 rings (SSSR count). The average molecular weight is 348 g/mol. The molecule has 1 aliphatic carbocycles. The summed E-state index contributed by atoms with van der Waals surface area (Å²) in [6.45, 7) is 0.395. The molecule has 2 aromatic rings. The smallest absolute Gasteiger partial charge is 0.315 e. The molecule has 128 valence electrons. The van der Waals surface area contributed by atoms with Gasteiger partial charge in [-0.2, -0.15) is 16.9 Å². The number of H-pyrrole nitrogens is 1. The van der Waals surface area contributed by atoms with Crippen LogP contribution in [0.15, 0.2) is 24.4 Å². The van der Waals surface area contributed by atoms with E-state index in [4.69, 9.17) is 0 Å². The van der Waals surface area contributed by atoms with Crippen molar-refractivity contribution in [1.82, 2.24) is 20.8 Å². The topological polar surface area (TPSA) is 69.8 Å². The van der Waals surface area contributed by atoms with E-state index in [2.05, 4.69) is 20.8 Å². The molecule has 1 heterocycles. The van der Waals surface area contributed by atoms with Crippen LogP contribution in [0.2, 0.25) is 0 Å². The van der Waals surface area contributed by atoms with Gasteiger partial charge in [-0.3, -0.25) is 5.10 Å². The Hall–Kier alpha value is -2.02. The molecule has 1 aromatic heterocycles. The number of aromatic amines is 1. The van der Waals surface area contributed by atoms with Crippen molar-refractivity contribution < 1.29 is 9.18 Å². The number of benzene rings is 1. The lowest BCUT2D eigenvalue weighted by atomic mass is 9.94. The second-order valence-electron chi connectivity index (χ2n) is 5.99. The highest BCUT2D eigenvalue weighted by Gasteiger charge is 2.21. The van der Waals surface area contributed by atoms with Gasteiger partial charge < -0.3 is 10.6 Å². The average Bonchev–Trinajstić information content (AvgIpc) is 3.02. The first kappa shape index (κ1) is 16.8. The van der Waals surface area contributed by atoms with Crippen LogP contribution in [-0.4, -0.2) is 28.5 Å². The Kier molecular flexibility index (Phi) is 5.40. The Morgan fingerprint density at radius 2 is 2.33 bits per heavy atom. The fourth-order valence-corrected chi connectivity index (χ4v) is 3.59. The standard InChI is InChI=1S/C17H21FN4OS/c1-24-10-13-6-14(18)3-2-11(13)8-19-17(23)21-15-4-5-16-12(7-15)9-20-22-16/h2-3,6,9,15H,4-5,7-8,10H2,1H3,(H,20,22)(H2,19,21,23)/t15-/m0/s1. The van der Waals surface area contributed by atoms with Gasteiger partial charge in [0.2, 0.25) is 0 Å². The first-order chi connectivity index (χ1) is 11.7. The van der Waals surface area contributed by atoms with E-state index >= 15 is 0 Å². The minimum atomic E-state index is -0.245. The van der Waals surface area contributed by atoms with Crippen LogP contribution >= 0.6 is 11.8 Å². The van der Waals surface area contributed by atoms with E-state index < -0.39 is 0 Å². The third kappa shape index (κ3) is 4.08. The van der Waals surface area contributed by atoms with Crippen LogP contribution in [0.3, 0.4) is 0 Å². The number of nitrogens with one attached hydrogen (secondary N) is 3. The first-order valence-corrected chi connectivity index (χ1v) is 9.37. The van der Waals surface area contributed by atoms with Crippen molar-refractivity contribution in [1.29, 1.82) is 0 Å². The second-order valence-corrected chi connectivity index (χ2v) is 6.85. The Morgan fingerprint density at radius 3 is 3.17 bits per heavy atom. The Labute approximate surface area is 144 Å². The maximum atomic E-state index is 13.4. The van der Waals surface area contributed by atoms with Crippen LogP contribution in [0, 0.1) is 5.82 Å². The molecule has 3 N–H and O–H groups in total. The molecule has 0 unspecified atom stereocenters. The Morgan fingerprint density at radius 1 is 1.46 bits per heavy atom. The highest BCUT2D eigenvalue weighted by atomic mass is 32.2. The molecule has 7 heteroatoms. The number of hydrogen-bond donors (Lipinski definition) is 3. The van der Waals surface area contributed by atoms with Crippen LogP contribution in [0.25, 0.3) is 0 Å². The molecule has 5 nitrogen and oxygen atoms in total. The fourth-order valence-electron chi connectivity index (χ4n) is 3.01. The molecule has 0 saturated carbocycles. The number of carbonyl (C=O) groups excluding carboxylic acids is 1. The zero-order chi connectivity index (χ0) is 16.9. The number of rotatable bonds is 5. The van der Waals surface area contributed by atoms with E-state index in [1.54, 1.807) is 17.8 Å². The molecular formula is C17H21FN4OS. The molecule has 0 bridgehead atoms. The van der Waals surface area contributed by atoms with Gasteiger partial charge in [-0.15, -0.1) is 0 Å². The number of fused-ring (bicyclic) bond motifs is 1. The van der Waals surface area contributed by atoms with E-state index in [1.165, 1.54) is 23.4 Å². The summed E-state index contributed by atoms with van der Waals surface area (Å²) in [5.41, 5.74) is 4.21. The molecule has 0 aliphatic heterocycles. The zero-order valence-corrected chi connectivity index (χ0v) is 14.4. The molecule has 24 heavy (non-hydrogen) atoms. The van der Waals surface area contributed by atoms with E-state index in [0.29, 0.717) is 6.54 Å². The molecular weight excluding hydrogens is 327 g/mol. The summed E-state index contributed by atoms with van der Waals surface area (Å²) in [6, 6.07) is 4.63. The number of carbonyl (C=O) groups is 1. The minimum absolute atomic E-state index is 0.119. The largest absolute Gasteiger partial charge is 0.335 e. The predicted molar refractivity (Wildman–Crippen MR) is 93.4 cm³/mol. The summed E-state index contributed by atoms with van der Waals surface area (Å²) in [5, 5.41) is 12.9. The lowest BCUT2D eigenvalue weighted by Crippen LogP contribution is -2.44. The van der Waals surface area contributed by atoms with E-state index in [9.17, 15) is 9.18 Å². The maximum Gasteiger partial charge on any atom is 0.315 e. The van der Waals surface area contributed by atoms with Crippen molar-refractivity contribution in [2.24, 2.45) is 0 Å². The Balaban J connectivity index is 1.53. The SMILES string of the molecule is CSCc1cc(F)ccc1CNC(=O)N[C@H]1CCc2[nH]ncc2C1. The number of urea groups is 1. The van der Waals surface area contributed by atoms with Gasteiger partial charge in [-0.05, 0) is 54.3 Å². The van der Waals surface area contributed by atoms with Crippen molar-refractivity contribution in [3.63, 3.8) is 0 Å². The van der Waals surface area contributed by atoms with Gasteiger partial charge in [-0.1, -0.05) is 6.07 Å². The Bertz CT molecular complexity index is 718. The fraction of sp³-hybridized carbons (Fsp3) is 0.412. The summed E-state index contributed by atoms with van der Waals surface area (Å²) < 4.78 is 13.4. The van der Waals surface area contributed by atoms with Crippen molar-refractivity contribution in [2.45, 2.75) is 37.6 Å². The molecule has 2 amide bonds. The lowest BCUT2D eigenvalue weighted by Gasteiger charge is -2.23. The van der Waals surface area contributed by atoms with E-state index in [1.807, 2.05) is 12.5 Å². The van der Waals surface area contributed by atoms with Crippen molar-refractivity contribution >= 4 is 17.8 Å². The summed E-state index contributed by atoms with van der Waals surface area (Å²) >= 11 is 1.63. The van der Waals surface area contributed by atoms with Crippen molar-refractivity contribution in [3.8, 4) is 0 Å². The van der Waals surface area contributed by atoms with E-state index in [0.717, 1.165) is 36.1 Å². The van der Waals surface area contributed by atoms with Gasteiger partial charge in [0.05, 0.1) is 6.20 Å². The number of thioether (sulfide) groups is 1. The molecule has 0 saturated heterocycles. The lowest BCUT2D eigenvalue weighted by molar-refractivity contribution is 0.235. The number of aryl methyl sites for hydroxylation is 1. The molecule has 0 spiro atoms. The maximum absolute atomic E-state index is 13.4. The van der Waals surface area contributed by atoms with Crippen LogP contribution in [0.1, 0.15) is 28.8 Å². The summed E-state index contributed by atoms with van der Waals surface area (Å²) in [4.78, 5) is 12.1. The van der Waals surface area contributed by atoms with Crippen LogP contribution in [0.5, 0.6) is 0 Å². The summed E-state index contributed by atoms with van der Waals surface area (Å²) in [5.74, 6) is 0.479. The number of hydrogen-bond acceptors (Lipinski definition) is 3.